The number of hydrogen-bond donors (Lipinski definition) is 2. The van der Waals surface area contributed by atoms with Crippen LogP contribution in [0.5, 0.6) is 0 Å². The molecule has 0 fully saturated rings. The minimum Gasteiger partial charge on any atom is -0.476 e. The molecule has 0 spiro atoms. The number of carboxylic acid groups (broad SMARTS) is 1. The molecule has 1 amide bonds. The summed E-state index contributed by atoms with van der Waals surface area (Å²) in [5.41, 5.74) is -1.58. The Morgan fingerprint density at radius 1 is 1.42 bits per heavy atom. The summed E-state index contributed by atoms with van der Waals surface area (Å²) in [6.45, 7) is 3.37. The summed E-state index contributed by atoms with van der Waals surface area (Å²) in [5, 5.41) is 17.8. The lowest BCUT2D eigenvalue weighted by Crippen LogP contribution is -2.31. The number of amides is 1. The lowest BCUT2D eigenvalue weighted by Gasteiger charge is -2.09. The number of rotatable bonds is 6. The van der Waals surface area contributed by atoms with Gasteiger partial charge in [-0.2, -0.15) is 0 Å². The van der Waals surface area contributed by atoms with E-state index in [2.05, 4.69) is 15.6 Å². The number of aromatic carboxylic acids is 1. The maximum Gasteiger partial charge on any atom is 0.358 e. The summed E-state index contributed by atoms with van der Waals surface area (Å²) < 4.78 is 26.2. The number of nitrogens with one attached hydrogen (secondary N) is 1. The second-order valence-electron chi connectivity index (χ2n) is 4.12. The first-order chi connectivity index (χ1) is 8.82. The van der Waals surface area contributed by atoms with Gasteiger partial charge in [-0.15, -0.1) is 5.10 Å². The predicted molar refractivity (Wildman–Crippen MR) is 59.8 cm³/mol. The Morgan fingerprint density at radius 3 is 2.53 bits per heavy atom. The van der Waals surface area contributed by atoms with Crippen molar-refractivity contribution in [2.75, 3.05) is 0 Å². The number of alkyl halides is 2. The standard InChI is InChI=1S/C10H14F2N4O3/c1-5(2)13-6(17)3-4-16-8(9(11)12)7(10(18)19)14-15-16/h5,9H,3-4H2,1-2H3,(H,13,17)(H,18,19). The topological polar surface area (TPSA) is 97.1 Å². The molecule has 1 aromatic rings. The maximum atomic E-state index is 12.8. The zero-order valence-electron chi connectivity index (χ0n) is 10.4. The molecule has 1 aromatic heterocycles. The van der Waals surface area contributed by atoms with E-state index in [9.17, 15) is 18.4 Å². The minimum absolute atomic E-state index is 0.0626. The maximum absolute atomic E-state index is 12.8. The van der Waals surface area contributed by atoms with Gasteiger partial charge < -0.3 is 10.4 Å². The molecule has 0 aliphatic heterocycles. The van der Waals surface area contributed by atoms with E-state index >= 15 is 0 Å². The smallest absolute Gasteiger partial charge is 0.358 e. The summed E-state index contributed by atoms with van der Waals surface area (Å²) in [4.78, 5) is 22.1. The van der Waals surface area contributed by atoms with Crippen molar-refractivity contribution in [3.63, 3.8) is 0 Å². The second-order valence-corrected chi connectivity index (χ2v) is 4.12. The van der Waals surface area contributed by atoms with Crippen LogP contribution in [0, 0.1) is 0 Å². The van der Waals surface area contributed by atoms with E-state index in [4.69, 9.17) is 5.11 Å². The van der Waals surface area contributed by atoms with E-state index in [1.165, 1.54) is 0 Å². The van der Waals surface area contributed by atoms with Crippen LogP contribution in [-0.4, -0.2) is 38.0 Å². The lowest BCUT2D eigenvalue weighted by molar-refractivity contribution is -0.121. The van der Waals surface area contributed by atoms with E-state index in [1.807, 2.05) is 0 Å². The average molecular weight is 276 g/mol. The highest BCUT2D eigenvalue weighted by molar-refractivity contribution is 5.86. The van der Waals surface area contributed by atoms with Crippen LogP contribution >= 0.6 is 0 Å². The van der Waals surface area contributed by atoms with Crippen molar-refractivity contribution in [2.24, 2.45) is 0 Å². The summed E-state index contributed by atoms with van der Waals surface area (Å²) in [5.74, 6) is -1.91. The highest BCUT2D eigenvalue weighted by Crippen LogP contribution is 2.21. The monoisotopic (exact) mass is 276 g/mol. The summed E-state index contributed by atoms with van der Waals surface area (Å²) in [6.07, 6.45) is -3.10. The minimum atomic E-state index is -3.02. The van der Waals surface area contributed by atoms with Gasteiger partial charge in [-0.05, 0) is 13.8 Å². The highest BCUT2D eigenvalue weighted by Gasteiger charge is 2.26. The molecule has 0 saturated heterocycles. The molecule has 7 nitrogen and oxygen atoms in total. The normalized spacial score (nSPS) is 11.1. The molecule has 106 valence electrons. The Hall–Kier alpha value is -2.06. The number of halogens is 2. The summed E-state index contributed by atoms with van der Waals surface area (Å²) in [6, 6.07) is -0.0626. The van der Waals surface area contributed by atoms with Gasteiger partial charge in [-0.3, -0.25) is 4.79 Å². The number of carbonyl (C=O) groups is 2. The molecular formula is C10H14F2N4O3. The molecule has 1 rings (SSSR count). The molecule has 0 aromatic carbocycles. The molecule has 0 bridgehead atoms. The molecule has 0 aliphatic carbocycles. The molecule has 19 heavy (non-hydrogen) atoms. The van der Waals surface area contributed by atoms with E-state index < -0.39 is 23.8 Å². The Balaban J connectivity index is 2.79. The van der Waals surface area contributed by atoms with E-state index in [0.29, 0.717) is 0 Å². The fourth-order valence-corrected chi connectivity index (χ4v) is 1.46. The molecule has 2 N–H and O–H groups in total. The molecule has 0 saturated carbocycles. The molecule has 9 heteroatoms. The van der Waals surface area contributed by atoms with E-state index in [0.717, 1.165) is 4.68 Å². The third-order valence-corrected chi connectivity index (χ3v) is 2.18. The molecule has 0 unspecified atom stereocenters. The largest absolute Gasteiger partial charge is 0.476 e. The van der Waals surface area contributed by atoms with Crippen molar-refractivity contribution in [2.45, 2.75) is 39.3 Å². The zero-order valence-corrected chi connectivity index (χ0v) is 10.4. The highest BCUT2D eigenvalue weighted by atomic mass is 19.3. The van der Waals surface area contributed by atoms with Gasteiger partial charge in [-0.1, -0.05) is 5.21 Å². The van der Waals surface area contributed by atoms with Crippen LogP contribution in [0.15, 0.2) is 0 Å². The average Bonchev–Trinajstić information content (AvgIpc) is 2.69. The van der Waals surface area contributed by atoms with Gasteiger partial charge in [0.25, 0.3) is 6.43 Å². The molecule has 0 atom stereocenters. The van der Waals surface area contributed by atoms with Crippen molar-refractivity contribution in [3.8, 4) is 0 Å². The first kappa shape index (κ1) is 15.0. The van der Waals surface area contributed by atoms with Gasteiger partial charge in [0.15, 0.2) is 5.69 Å². The van der Waals surface area contributed by atoms with Crippen molar-refractivity contribution < 1.29 is 23.5 Å². The van der Waals surface area contributed by atoms with Crippen molar-refractivity contribution >= 4 is 11.9 Å². The summed E-state index contributed by atoms with van der Waals surface area (Å²) >= 11 is 0. The van der Waals surface area contributed by atoms with Crippen molar-refractivity contribution in [1.29, 1.82) is 0 Å². The van der Waals surface area contributed by atoms with Gasteiger partial charge in [0.1, 0.15) is 5.69 Å². The predicted octanol–water partition coefficient (Wildman–Crippen LogP) is 0.829. The van der Waals surface area contributed by atoms with Gasteiger partial charge in [-0.25, -0.2) is 18.3 Å². The third-order valence-electron chi connectivity index (χ3n) is 2.18. The summed E-state index contributed by atoms with van der Waals surface area (Å²) in [7, 11) is 0. The number of aryl methyl sites for hydroxylation is 1. The van der Waals surface area contributed by atoms with Crippen molar-refractivity contribution in [3.05, 3.63) is 11.4 Å². The van der Waals surface area contributed by atoms with E-state index in [-0.39, 0.29) is 24.9 Å². The van der Waals surface area contributed by atoms with Crippen LogP contribution in [0.1, 0.15) is 42.9 Å². The third kappa shape index (κ3) is 3.97. The van der Waals surface area contributed by atoms with Crippen LogP contribution < -0.4 is 5.32 Å². The van der Waals surface area contributed by atoms with E-state index in [1.54, 1.807) is 13.8 Å². The number of hydrogen-bond acceptors (Lipinski definition) is 4. The number of carbonyl (C=O) groups excluding carboxylic acids is 1. The fourth-order valence-electron chi connectivity index (χ4n) is 1.46. The first-order valence-corrected chi connectivity index (χ1v) is 5.57. The fraction of sp³-hybridized carbons (Fsp3) is 0.600. The van der Waals surface area contributed by atoms with Crippen LogP contribution in [0.2, 0.25) is 0 Å². The van der Waals surface area contributed by atoms with Crippen LogP contribution in [0.4, 0.5) is 8.78 Å². The van der Waals surface area contributed by atoms with Crippen LogP contribution in [0.25, 0.3) is 0 Å². The molecular weight excluding hydrogens is 262 g/mol. The molecule has 1 heterocycles. The van der Waals surface area contributed by atoms with Crippen LogP contribution in [0.3, 0.4) is 0 Å². The Morgan fingerprint density at radius 2 is 2.05 bits per heavy atom. The SMILES string of the molecule is CC(C)NC(=O)CCn1nnc(C(=O)O)c1C(F)F. The lowest BCUT2D eigenvalue weighted by atomic mass is 10.3. The van der Waals surface area contributed by atoms with Gasteiger partial charge in [0.05, 0.1) is 6.54 Å². The van der Waals surface area contributed by atoms with Gasteiger partial charge in [0, 0.05) is 12.5 Å². The Labute approximate surface area is 107 Å². The Kier molecular flexibility index (Phi) is 4.90. The molecule has 0 aliphatic rings. The van der Waals surface area contributed by atoms with Crippen molar-refractivity contribution in [1.82, 2.24) is 20.3 Å². The van der Waals surface area contributed by atoms with Crippen LogP contribution in [-0.2, 0) is 11.3 Å². The Bertz CT molecular complexity index is 473. The second kappa shape index (κ2) is 6.21. The van der Waals surface area contributed by atoms with Gasteiger partial charge in [0.2, 0.25) is 5.91 Å². The number of nitrogens with zero attached hydrogens (tertiary/aromatic N) is 3. The number of carboxylic acids is 1. The van der Waals surface area contributed by atoms with Gasteiger partial charge >= 0.3 is 5.97 Å². The zero-order chi connectivity index (χ0) is 14.6. The molecule has 0 radical (unpaired) electrons. The quantitative estimate of drug-likeness (QED) is 0.802. The number of aromatic nitrogens is 3. The first-order valence-electron chi connectivity index (χ1n) is 5.57.